The molecular formula is C33H39FN6O3. The molecule has 8 rings (SSSR count). The van der Waals surface area contributed by atoms with Gasteiger partial charge in [-0.05, 0) is 74.5 Å². The Morgan fingerprint density at radius 1 is 1.02 bits per heavy atom. The van der Waals surface area contributed by atoms with Gasteiger partial charge in [-0.25, -0.2) is 4.39 Å². The number of hydrogen-bond donors (Lipinski definition) is 2. The van der Waals surface area contributed by atoms with E-state index in [1.807, 2.05) is 24.3 Å². The molecule has 4 saturated heterocycles. The molecular weight excluding hydrogens is 547 g/mol. The number of methoxy groups -OCH3 is 1. The maximum Gasteiger partial charge on any atom is 0.319 e. The Balaban J connectivity index is 0.000000963. The van der Waals surface area contributed by atoms with Gasteiger partial charge in [-0.3, -0.25) is 9.88 Å². The normalized spacial score (nSPS) is 22.5. The van der Waals surface area contributed by atoms with Crippen LogP contribution in [0.1, 0.15) is 38.5 Å². The van der Waals surface area contributed by atoms with Gasteiger partial charge in [0.05, 0.1) is 10.9 Å². The van der Waals surface area contributed by atoms with Crippen LogP contribution in [0.25, 0.3) is 32.9 Å². The van der Waals surface area contributed by atoms with Crippen molar-refractivity contribution in [3.63, 3.8) is 0 Å². The fraction of sp³-hybridized carbons (Fsp3) is 0.485. The minimum Gasteiger partial charge on any atom is -0.508 e. The molecule has 9 nitrogen and oxygen atoms in total. The summed E-state index contributed by atoms with van der Waals surface area (Å²) in [5.74, 6) is 0.223. The zero-order chi connectivity index (χ0) is 29.6. The molecule has 10 heteroatoms. The van der Waals surface area contributed by atoms with E-state index < -0.39 is 5.82 Å². The third-order valence-electron chi connectivity index (χ3n) is 9.54. The van der Waals surface area contributed by atoms with Gasteiger partial charge < -0.3 is 24.8 Å². The Morgan fingerprint density at radius 2 is 1.74 bits per heavy atom. The van der Waals surface area contributed by atoms with Crippen LogP contribution in [0.5, 0.6) is 11.8 Å². The Labute approximate surface area is 251 Å². The van der Waals surface area contributed by atoms with Crippen LogP contribution >= 0.6 is 0 Å². The number of aromatic nitrogens is 3. The van der Waals surface area contributed by atoms with Gasteiger partial charge >= 0.3 is 6.01 Å². The van der Waals surface area contributed by atoms with Crippen molar-refractivity contribution in [3.05, 3.63) is 48.4 Å². The van der Waals surface area contributed by atoms with Crippen LogP contribution in [0.4, 0.5) is 10.2 Å². The van der Waals surface area contributed by atoms with E-state index >= 15 is 4.39 Å². The van der Waals surface area contributed by atoms with Crippen LogP contribution in [0.2, 0.25) is 0 Å². The number of nitrogens with one attached hydrogen (secondary N) is 1. The first-order chi connectivity index (χ1) is 21.0. The summed E-state index contributed by atoms with van der Waals surface area (Å²) in [5, 5.41) is 16.3. The number of halogens is 1. The number of nitrogens with zero attached hydrogens (tertiary/aromatic N) is 5. The second kappa shape index (κ2) is 11.5. The molecule has 2 bridgehead atoms. The Bertz CT molecular complexity index is 1630. The van der Waals surface area contributed by atoms with Crippen molar-refractivity contribution in [1.29, 1.82) is 0 Å². The van der Waals surface area contributed by atoms with Gasteiger partial charge in [0, 0.05) is 51.2 Å². The van der Waals surface area contributed by atoms with Crippen molar-refractivity contribution < 1.29 is 19.0 Å². The largest absolute Gasteiger partial charge is 0.508 e. The molecule has 4 aliphatic heterocycles. The van der Waals surface area contributed by atoms with Crippen LogP contribution in [-0.2, 0) is 4.74 Å². The smallest absolute Gasteiger partial charge is 0.319 e. The average molecular weight is 587 g/mol. The van der Waals surface area contributed by atoms with E-state index in [9.17, 15) is 5.11 Å². The average Bonchev–Trinajstić information content (AvgIpc) is 3.69. The summed E-state index contributed by atoms with van der Waals surface area (Å²) in [5.41, 5.74) is 0.932. The number of fused-ring (bicyclic) bond motifs is 5. The van der Waals surface area contributed by atoms with Crippen LogP contribution in [0, 0.1) is 5.82 Å². The minimum absolute atomic E-state index is 0.0368. The number of rotatable bonds is 5. The van der Waals surface area contributed by atoms with E-state index in [1.165, 1.54) is 12.8 Å². The second-order valence-corrected chi connectivity index (χ2v) is 12.4. The molecule has 2 unspecified atom stereocenters. The highest BCUT2D eigenvalue weighted by Crippen LogP contribution is 2.40. The maximum atomic E-state index is 16.5. The van der Waals surface area contributed by atoms with Crippen LogP contribution in [0.15, 0.2) is 42.6 Å². The summed E-state index contributed by atoms with van der Waals surface area (Å²) >= 11 is 0. The number of phenolic OH excluding ortho intramolecular Hbond substituents is 1. The first-order valence-corrected chi connectivity index (χ1v) is 15.4. The predicted octanol–water partition coefficient (Wildman–Crippen LogP) is 4.90. The molecule has 0 saturated carbocycles. The number of piperazine rings is 1. The molecule has 4 fully saturated rings. The molecule has 4 aromatic rings. The lowest BCUT2D eigenvalue weighted by Gasteiger charge is -2.34. The van der Waals surface area contributed by atoms with E-state index in [0.717, 1.165) is 62.6 Å². The monoisotopic (exact) mass is 586 g/mol. The quantitative estimate of drug-likeness (QED) is 0.339. The highest BCUT2D eigenvalue weighted by atomic mass is 19.1. The highest BCUT2D eigenvalue weighted by Gasteiger charge is 2.45. The molecule has 2 aromatic heterocycles. The van der Waals surface area contributed by atoms with E-state index in [2.05, 4.69) is 29.8 Å². The van der Waals surface area contributed by atoms with Crippen LogP contribution in [0.3, 0.4) is 0 Å². The second-order valence-electron chi connectivity index (χ2n) is 12.4. The topological polar surface area (TPSA) is 95.9 Å². The van der Waals surface area contributed by atoms with E-state index in [4.69, 9.17) is 9.72 Å². The first kappa shape index (κ1) is 28.2. The molecule has 4 aliphatic rings. The number of phenols is 1. The summed E-state index contributed by atoms with van der Waals surface area (Å²) in [7, 11) is 3.25. The Morgan fingerprint density at radius 3 is 2.49 bits per heavy atom. The molecule has 0 radical (unpaired) electrons. The van der Waals surface area contributed by atoms with Gasteiger partial charge in [0.15, 0.2) is 5.82 Å². The summed E-state index contributed by atoms with van der Waals surface area (Å²) in [6.45, 7) is 4.35. The van der Waals surface area contributed by atoms with E-state index in [1.54, 1.807) is 32.5 Å². The summed E-state index contributed by atoms with van der Waals surface area (Å²) < 4.78 is 27.1. The van der Waals surface area contributed by atoms with Gasteiger partial charge in [-0.15, -0.1) is 0 Å². The summed E-state index contributed by atoms with van der Waals surface area (Å²) in [6.07, 6.45) is 8.53. The lowest BCUT2D eigenvalue weighted by molar-refractivity contribution is 0.108. The summed E-state index contributed by atoms with van der Waals surface area (Å²) in [6, 6.07) is 11.9. The van der Waals surface area contributed by atoms with Crippen molar-refractivity contribution in [3.8, 4) is 23.0 Å². The Kier molecular flexibility index (Phi) is 7.53. The van der Waals surface area contributed by atoms with Gasteiger partial charge in [0.1, 0.15) is 29.4 Å². The molecule has 226 valence electrons. The lowest BCUT2D eigenvalue weighted by Crippen LogP contribution is -2.51. The van der Waals surface area contributed by atoms with Gasteiger partial charge in [-0.1, -0.05) is 24.3 Å². The fourth-order valence-corrected chi connectivity index (χ4v) is 7.64. The third kappa shape index (κ3) is 5.15. The molecule has 2 atom stereocenters. The van der Waals surface area contributed by atoms with Crippen molar-refractivity contribution in [2.45, 2.75) is 56.1 Å². The van der Waals surface area contributed by atoms with Gasteiger partial charge in [0.25, 0.3) is 0 Å². The zero-order valence-corrected chi connectivity index (χ0v) is 24.9. The molecule has 43 heavy (non-hydrogen) atoms. The van der Waals surface area contributed by atoms with Crippen molar-refractivity contribution in [1.82, 2.24) is 25.2 Å². The number of ether oxygens (including phenoxy) is 2. The first-order valence-electron chi connectivity index (χ1n) is 15.4. The van der Waals surface area contributed by atoms with Crippen molar-refractivity contribution in [2.75, 3.05) is 51.9 Å². The number of pyridine rings is 1. The highest BCUT2D eigenvalue weighted by molar-refractivity contribution is 5.99. The summed E-state index contributed by atoms with van der Waals surface area (Å²) in [4.78, 5) is 19.0. The van der Waals surface area contributed by atoms with Gasteiger partial charge in [0.2, 0.25) is 0 Å². The van der Waals surface area contributed by atoms with Crippen LogP contribution in [-0.4, -0.2) is 89.6 Å². The molecule has 6 heterocycles. The lowest BCUT2D eigenvalue weighted by atomic mass is 9.95. The Hall–Kier alpha value is -3.60. The van der Waals surface area contributed by atoms with Gasteiger partial charge in [-0.2, -0.15) is 9.97 Å². The van der Waals surface area contributed by atoms with Crippen LogP contribution < -0.4 is 15.0 Å². The third-order valence-corrected chi connectivity index (χ3v) is 9.54. The molecule has 0 spiro atoms. The molecule has 0 amide bonds. The fourth-order valence-electron chi connectivity index (χ4n) is 7.64. The zero-order valence-electron chi connectivity index (χ0n) is 24.9. The number of hydrogen-bond acceptors (Lipinski definition) is 9. The van der Waals surface area contributed by atoms with Crippen molar-refractivity contribution >= 4 is 27.5 Å². The van der Waals surface area contributed by atoms with Crippen molar-refractivity contribution in [2.24, 2.45) is 0 Å². The maximum absolute atomic E-state index is 16.5. The standard InChI is InChI=1S/C31H33FN6O2.C2H6O/c32-26-27(24-14-22(39)13-19-5-1-2-6-23(19)24)33-15-25-28(26)35-30(40-18-31-9-3-11-38(31)12-4-10-31)36-29(25)37-16-20-7-8-21(17-37)34-20;1-3-2/h1-2,5-6,13-15,20-21,34,39H,3-4,7-12,16-18H2;1-2H3. The number of anilines is 1. The van der Waals surface area contributed by atoms with E-state index in [0.29, 0.717) is 35.5 Å². The molecule has 0 aliphatic carbocycles. The number of aromatic hydroxyl groups is 1. The molecule has 2 N–H and O–H groups in total. The minimum atomic E-state index is -0.526. The van der Waals surface area contributed by atoms with E-state index in [-0.39, 0.29) is 28.5 Å². The SMILES string of the molecule is COC.Oc1cc(-c2ncc3c(N4CC5CCC(C4)N5)nc(OCC45CCCN4CCC5)nc3c2F)c2ccccc2c1. The number of benzene rings is 2. The molecule has 2 aromatic carbocycles. The predicted molar refractivity (Wildman–Crippen MR) is 165 cm³/mol.